The second kappa shape index (κ2) is 9.24. The van der Waals surface area contributed by atoms with E-state index in [1.54, 1.807) is 0 Å². The molecule has 0 aromatic heterocycles. The van der Waals surface area contributed by atoms with Crippen molar-refractivity contribution < 1.29 is 18.0 Å². The van der Waals surface area contributed by atoms with Crippen molar-refractivity contribution in [2.24, 2.45) is 5.92 Å². The summed E-state index contributed by atoms with van der Waals surface area (Å²) in [5.41, 5.74) is 0.807. The zero-order valence-electron chi connectivity index (χ0n) is 16.0. The van der Waals surface area contributed by atoms with Crippen LogP contribution in [0.1, 0.15) is 30.1 Å². The van der Waals surface area contributed by atoms with Gasteiger partial charge < -0.3 is 5.32 Å². The molecule has 0 radical (unpaired) electrons. The third-order valence-corrected chi connectivity index (χ3v) is 7.94. The molecule has 1 N–H and O–H groups in total. The van der Waals surface area contributed by atoms with Gasteiger partial charge in [-0.15, -0.1) is 0 Å². The number of Topliss-reactive ketones (excluding diaryl/α,β-unsaturated/α-hetero) is 1. The topological polar surface area (TPSA) is 83.6 Å². The molecule has 0 bridgehead atoms. The molecule has 1 heterocycles. The highest BCUT2D eigenvalue weighted by Crippen LogP contribution is 2.33. The molecule has 0 saturated carbocycles. The van der Waals surface area contributed by atoms with Gasteiger partial charge in [-0.25, -0.2) is 8.42 Å². The van der Waals surface area contributed by atoms with Gasteiger partial charge in [0.15, 0.2) is 5.78 Å². The SMILES string of the molecule is CC(=O)c1ccc(S(=O)(=O)N2CCC(C(=O)Nc3cc(Cl)c(Cl)cc3Cl)CC2)cc1. The number of sulfonamides is 1. The van der Waals surface area contributed by atoms with Gasteiger partial charge in [-0.05, 0) is 44.0 Å². The number of carbonyl (C=O) groups is 2. The van der Waals surface area contributed by atoms with Crippen LogP contribution in [0.2, 0.25) is 15.1 Å². The first-order chi connectivity index (χ1) is 14.1. The summed E-state index contributed by atoms with van der Waals surface area (Å²) in [5.74, 6) is -0.743. The lowest BCUT2D eigenvalue weighted by Crippen LogP contribution is -2.41. The number of nitrogens with zero attached hydrogens (tertiary/aromatic N) is 1. The molecule has 0 unspecified atom stereocenters. The third-order valence-electron chi connectivity index (χ3n) is 4.99. The fourth-order valence-electron chi connectivity index (χ4n) is 3.22. The highest BCUT2D eigenvalue weighted by atomic mass is 35.5. The number of carbonyl (C=O) groups excluding carboxylic acids is 2. The zero-order valence-corrected chi connectivity index (χ0v) is 19.1. The number of piperidine rings is 1. The summed E-state index contributed by atoms with van der Waals surface area (Å²) in [6.45, 7) is 1.85. The normalized spacial score (nSPS) is 15.7. The van der Waals surface area contributed by atoms with Gasteiger partial charge in [-0.2, -0.15) is 4.31 Å². The summed E-state index contributed by atoms with van der Waals surface area (Å²) in [6.07, 6.45) is 0.741. The highest BCUT2D eigenvalue weighted by Gasteiger charge is 2.32. The summed E-state index contributed by atoms with van der Waals surface area (Å²) in [4.78, 5) is 24.1. The maximum absolute atomic E-state index is 12.8. The predicted molar refractivity (Wildman–Crippen MR) is 118 cm³/mol. The molecule has 0 aliphatic carbocycles. The molecule has 1 aliphatic heterocycles. The van der Waals surface area contributed by atoms with E-state index in [1.165, 1.54) is 47.6 Å². The number of benzene rings is 2. The van der Waals surface area contributed by atoms with Crippen molar-refractivity contribution in [1.29, 1.82) is 0 Å². The number of rotatable bonds is 5. The van der Waals surface area contributed by atoms with Crippen LogP contribution >= 0.6 is 34.8 Å². The van der Waals surface area contributed by atoms with Gasteiger partial charge in [0, 0.05) is 24.6 Å². The summed E-state index contributed by atoms with van der Waals surface area (Å²) in [7, 11) is -3.69. The quantitative estimate of drug-likeness (QED) is 0.479. The van der Waals surface area contributed by atoms with E-state index >= 15 is 0 Å². The molecule has 6 nitrogen and oxygen atoms in total. The Balaban J connectivity index is 1.64. The lowest BCUT2D eigenvalue weighted by atomic mass is 9.97. The van der Waals surface area contributed by atoms with Crippen LogP contribution in [-0.4, -0.2) is 37.5 Å². The Morgan fingerprint density at radius 2 is 1.53 bits per heavy atom. The van der Waals surface area contributed by atoms with Crippen molar-refractivity contribution in [2.75, 3.05) is 18.4 Å². The molecule has 30 heavy (non-hydrogen) atoms. The number of ketones is 1. The Hall–Kier alpha value is -1.64. The summed E-state index contributed by atoms with van der Waals surface area (Å²) in [6, 6.07) is 8.78. The largest absolute Gasteiger partial charge is 0.324 e. The number of hydrogen-bond acceptors (Lipinski definition) is 4. The van der Waals surface area contributed by atoms with Gasteiger partial charge in [0.05, 0.1) is 25.7 Å². The molecule has 1 saturated heterocycles. The fraction of sp³-hybridized carbons (Fsp3) is 0.300. The second-order valence-corrected chi connectivity index (χ2v) is 10.2. The van der Waals surface area contributed by atoms with Crippen molar-refractivity contribution in [2.45, 2.75) is 24.7 Å². The highest BCUT2D eigenvalue weighted by molar-refractivity contribution is 7.89. The van der Waals surface area contributed by atoms with Crippen LogP contribution in [0.5, 0.6) is 0 Å². The Bertz CT molecular complexity index is 1080. The van der Waals surface area contributed by atoms with Crippen LogP contribution in [0.4, 0.5) is 5.69 Å². The van der Waals surface area contributed by atoms with Gasteiger partial charge in [0.25, 0.3) is 0 Å². The molecule has 2 aromatic rings. The van der Waals surface area contributed by atoms with Gasteiger partial charge in [-0.3, -0.25) is 9.59 Å². The van der Waals surface area contributed by atoms with Crippen LogP contribution in [0.25, 0.3) is 0 Å². The number of anilines is 1. The number of hydrogen-bond donors (Lipinski definition) is 1. The molecular weight excluding hydrogens is 471 g/mol. The first kappa shape index (κ1) is 23.0. The Kier molecular flexibility index (Phi) is 7.09. The summed E-state index contributed by atoms with van der Waals surface area (Å²) >= 11 is 18.0. The number of nitrogens with one attached hydrogen (secondary N) is 1. The van der Waals surface area contributed by atoms with E-state index in [4.69, 9.17) is 34.8 Å². The van der Waals surface area contributed by atoms with Crippen LogP contribution in [0, 0.1) is 5.92 Å². The molecule has 0 atom stereocenters. The van der Waals surface area contributed by atoms with Crippen LogP contribution < -0.4 is 5.32 Å². The maximum Gasteiger partial charge on any atom is 0.243 e. The Labute approximate surface area is 190 Å². The molecule has 10 heteroatoms. The third kappa shape index (κ3) is 4.98. The van der Waals surface area contributed by atoms with Gasteiger partial charge >= 0.3 is 0 Å². The standard InChI is InChI=1S/C20H19Cl3N2O4S/c1-12(26)13-2-4-15(5-3-13)30(28,29)25-8-6-14(7-9-25)20(27)24-19-11-17(22)16(21)10-18(19)23/h2-5,10-11,14H,6-9H2,1H3,(H,24,27). The minimum atomic E-state index is -3.69. The smallest absolute Gasteiger partial charge is 0.243 e. The van der Waals surface area contributed by atoms with Crippen molar-refractivity contribution in [1.82, 2.24) is 4.31 Å². The molecule has 2 aromatic carbocycles. The van der Waals surface area contributed by atoms with Crippen LogP contribution in [-0.2, 0) is 14.8 Å². The van der Waals surface area contributed by atoms with Gasteiger partial charge in [-0.1, -0.05) is 46.9 Å². The fourth-order valence-corrected chi connectivity index (χ4v) is 5.29. The molecule has 1 amide bonds. The van der Waals surface area contributed by atoms with E-state index in [0.717, 1.165) is 0 Å². The van der Waals surface area contributed by atoms with E-state index in [-0.39, 0.29) is 50.7 Å². The van der Waals surface area contributed by atoms with E-state index < -0.39 is 10.0 Å². The zero-order chi connectivity index (χ0) is 22.1. The summed E-state index contributed by atoms with van der Waals surface area (Å²) < 4.78 is 27.0. The Morgan fingerprint density at radius 3 is 2.10 bits per heavy atom. The van der Waals surface area contributed by atoms with E-state index in [1.807, 2.05) is 0 Å². The monoisotopic (exact) mass is 488 g/mol. The first-order valence-corrected chi connectivity index (χ1v) is 11.7. The van der Waals surface area contributed by atoms with Crippen molar-refractivity contribution in [3.63, 3.8) is 0 Å². The van der Waals surface area contributed by atoms with Crippen molar-refractivity contribution in [3.05, 3.63) is 57.0 Å². The van der Waals surface area contributed by atoms with E-state index in [2.05, 4.69) is 5.32 Å². The van der Waals surface area contributed by atoms with E-state index in [9.17, 15) is 18.0 Å². The molecule has 1 aliphatic rings. The average molecular weight is 490 g/mol. The number of halogens is 3. The molecule has 0 spiro atoms. The van der Waals surface area contributed by atoms with Crippen molar-refractivity contribution >= 4 is 62.2 Å². The molecule has 160 valence electrons. The van der Waals surface area contributed by atoms with Gasteiger partial charge in [0.1, 0.15) is 0 Å². The summed E-state index contributed by atoms with van der Waals surface area (Å²) in [5, 5.41) is 3.56. The van der Waals surface area contributed by atoms with Gasteiger partial charge in [0.2, 0.25) is 15.9 Å². The van der Waals surface area contributed by atoms with E-state index in [0.29, 0.717) is 24.1 Å². The predicted octanol–water partition coefficient (Wildman–Crippen LogP) is 4.89. The first-order valence-electron chi connectivity index (χ1n) is 9.16. The lowest BCUT2D eigenvalue weighted by Gasteiger charge is -2.30. The molecule has 3 rings (SSSR count). The minimum absolute atomic E-state index is 0.123. The van der Waals surface area contributed by atoms with Crippen LogP contribution in [0.3, 0.4) is 0 Å². The second-order valence-electron chi connectivity index (χ2n) is 6.99. The molecule has 1 fully saturated rings. The Morgan fingerprint density at radius 1 is 0.967 bits per heavy atom. The lowest BCUT2D eigenvalue weighted by molar-refractivity contribution is -0.120. The average Bonchev–Trinajstić information content (AvgIpc) is 2.72. The van der Waals surface area contributed by atoms with Crippen LogP contribution in [0.15, 0.2) is 41.3 Å². The maximum atomic E-state index is 12.8. The molecular formula is C20H19Cl3N2O4S. The minimum Gasteiger partial charge on any atom is -0.324 e. The number of amides is 1. The van der Waals surface area contributed by atoms with Crippen molar-refractivity contribution in [3.8, 4) is 0 Å².